The van der Waals surface area contributed by atoms with Gasteiger partial charge in [0, 0.05) is 15.3 Å². The highest BCUT2D eigenvalue weighted by atomic mass is 79.9. The molecule has 0 spiro atoms. The van der Waals surface area contributed by atoms with E-state index in [1.165, 1.54) is 22.7 Å². The van der Waals surface area contributed by atoms with E-state index in [1.807, 2.05) is 6.92 Å². The maximum Gasteiger partial charge on any atom is 0.305 e. The van der Waals surface area contributed by atoms with Crippen molar-refractivity contribution < 1.29 is 19.4 Å². The number of anilines is 1. The lowest BCUT2D eigenvalue weighted by Gasteiger charge is -2.30. The van der Waals surface area contributed by atoms with Crippen molar-refractivity contribution in [1.29, 1.82) is 0 Å². The van der Waals surface area contributed by atoms with Crippen LogP contribution in [0.1, 0.15) is 23.3 Å². The molecular weight excluding hydrogens is 516 g/mol. The van der Waals surface area contributed by atoms with Crippen LogP contribution in [0.15, 0.2) is 56.8 Å². The fraction of sp³-hybridized carbons (Fsp3) is 0.227. The highest BCUT2D eigenvalue weighted by molar-refractivity contribution is 9.10. The van der Waals surface area contributed by atoms with Crippen LogP contribution in [0.25, 0.3) is 0 Å². The predicted octanol–water partition coefficient (Wildman–Crippen LogP) is 4.10. The Balaban J connectivity index is 1.64. The maximum atomic E-state index is 13.6. The van der Waals surface area contributed by atoms with E-state index in [1.54, 1.807) is 36.4 Å². The van der Waals surface area contributed by atoms with E-state index < -0.39 is 17.1 Å². The highest BCUT2D eigenvalue weighted by Crippen LogP contribution is 2.53. The Labute approximate surface area is 199 Å². The zero-order valence-electron chi connectivity index (χ0n) is 16.7. The summed E-state index contributed by atoms with van der Waals surface area (Å²) in [5, 5.41) is 10.1. The number of carbonyl (C=O) groups is 2. The van der Waals surface area contributed by atoms with Crippen molar-refractivity contribution in [3.8, 4) is 11.5 Å². The number of halogens is 1. The molecule has 32 heavy (non-hydrogen) atoms. The first-order valence-corrected chi connectivity index (χ1v) is 12.4. The summed E-state index contributed by atoms with van der Waals surface area (Å²) in [4.78, 5) is 43.7. The molecule has 2 aliphatic rings. The summed E-state index contributed by atoms with van der Waals surface area (Å²) in [6.45, 7) is 2.17. The molecule has 3 heterocycles. The molecule has 0 bridgehead atoms. The van der Waals surface area contributed by atoms with Crippen LogP contribution in [-0.4, -0.2) is 33.8 Å². The summed E-state index contributed by atoms with van der Waals surface area (Å²) in [6, 6.07) is 11.9. The molecule has 1 saturated heterocycles. The number of hydrogen-bond donors (Lipinski definition) is 2. The van der Waals surface area contributed by atoms with E-state index >= 15 is 0 Å². The summed E-state index contributed by atoms with van der Waals surface area (Å²) >= 11 is 5.65. The monoisotopic (exact) mass is 532 g/mol. The number of aromatic amines is 1. The molecule has 7 nitrogen and oxygen atoms in total. The molecule has 5 rings (SSSR count). The number of phenols is 1. The summed E-state index contributed by atoms with van der Waals surface area (Å²) in [7, 11) is 0. The number of phenolic OH excluding ortho intramolecular Hbond substituents is 1. The average Bonchev–Trinajstić information content (AvgIpc) is 3.25. The van der Waals surface area contributed by atoms with Gasteiger partial charge in [-0.05, 0) is 48.9 Å². The number of nitrogens with zero attached hydrogens (tertiary/aromatic N) is 1. The van der Waals surface area contributed by atoms with Crippen molar-refractivity contribution in [2.45, 2.75) is 23.1 Å². The van der Waals surface area contributed by atoms with Gasteiger partial charge in [0.15, 0.2) is 11.5 Å². The summed E-state index contributed by atoms with van der Waals surface area (Å²) in [6.07, 6.45) is 0. The molecular formula is C22H17BrN2O5S2. The van der Waals surface area contributed by atoms with Gasteiger partial charge in [-0.25, -0.2) is 4.90 Å². The van der Waals surface area contributed by atoms with Crippen LogP contribution in [0, 0.1) is 5.92 Å². The molecule has 0 saturated carbocycles. The lowest BCUT2D eigenvalue weighted by atomic mass is 9.83. The number of nitrogens with one attached hydrogen (secondary N) is 1. The molecule has 0 unspecified atom stereocenters. The first-order valence-electron chi connectivity index (χ1n) is 9.87. The number of aromatic hydroxyl groups is 1. The van der Waals surface area contributed by atoms with E-state index in [9.17, 15) is 19.5 Å². The van der Waals surface area contributed by atoms with Crippen molar-refractivity contribution in [1.82, 2.24) is 4.98 Å². The number of thiazole rings is 1. The third kappa shape index (κ3) is 3.37. The molecule has 164 valence electrons. The van der Waals surface area contributed by atoms with E-state index in [4.69, 9.17) is 4.74 Å². The topological polar surface area (TPSA) is 99.7 Å². The van der Waals surface area contributed by atoms with Gasteiger partial charge in [-0.3, -0.25) is 14.4 Å². The smallest absolute Gasteiger partial charge is 0.305 e. The standard InChI is InChI=1S/C22H17BrN2O5S2/c1-2-30-14-9-10(3-8-13(14)26)15-16-18(31-19-17(15)32-22(29)24-19)21(28)25(20(16)27)12-6-4-11(23)5-7-12/h3-9,15-16,18,26H,2H2,1H3,(H,24,29)/t15-,16-,18+/m0/s1. The SMILES string of the molecule is CCOc1cc([C@@H]2c3sc(=O)[nH]c3S[C@H]3C(=O)N(c4ccc(Br)cc4)C(=O)[C@@H]23)ccc1O. The Morgan fingerprint density at radius 1 is 1.12 bits per heavy atom. The van der Waals surface area contributed by atoms with Gasteiger partial charge in [0.05, 0.1) is 23.2 Å². The second-order valence-electron chi connectivity index (χ2n) is 7.40. The van der Waals surface area contributed by atoms with Crippen LogP contribution in [0.5, 0.6) is 11.5 Å². The lowest BCUT2D eigenvalue weighted by molar-refractivity contribution is -0.122. The van der Waals surface area contributed by atoms with E-state index in [2.05, 4.69) is 20.9 Å². The van der Waals surface area contributed by atoms with Crippen LogP contribution in [0.4, 0.5) is 5.69 Å². The van der Waals surface area contributed by atoms with Crippen LogP contribution >= 0.6 is 39.0 Å². The molecule has 2 aliphatic heterocycles. The first kappa shape index (κ1) is 21.3. The largest absolute Gasteiger partial charge is 0.504 e. The van der Waals surface area contributed by atoms with Crippen LogP contribution in [-0.2, 0) is 9.59 Å². The normalized spacial score (nSPS) is 22.1. The minimum absolute atomic E-state index is 0.00914. The molecule has 2 aromatic carbocycles. The zero-order chi connectivity index (χ0) is 22.6. The Morgan fingerprint density at radius 2 is 1.88 bits per heavy atom. The van der Waals surface area contributed by atoms with Crippen molar-refractivity contribution in [3.05, 3.63) is 67.0 Å². The first-order chi connectivity index (χ1) is 15.4. The Morgan fingerprint density at radius 3 is 2.59 bits per heavy atom. The molecule has 3 aromatic rings. The van der Waals surface area contributed by atoms with Gasteiger partial charge < -0.3 is 14.8 Å². The molecule has 0 radical (unpaired) electrons. The van der Waals surface area contributed by atoms with E-state index in [-0.39, 0.29) is 22.4 Å². The number of fused-ring (bicyclic) bond motifs is 2. The molecule has 2 amide bonds. The Bertz CT molecular complexity index is 1290. The van der Waals surface area contributed by atoms with Gasteiger partial charge in [-0.1, -0.05) is 45.1 Å². The lowest BCUT2D eigenvalue weighted by Crippen LogP contribution is -2.32. The van der Waals surface area contributed by atoms with E-state index in [0.29, 0.717) is 33.5 Å². The molecule has 2 N–H and O–H groups in total. The molecule has 1 fully saturated rings. The fourth-order valence-electron chi connectivity index (χ4n) is 4.22. The number of imide groups is 1. The van der Waals surface area contributed by atoms with E-state index in [0.717, 1.165) is 15.8 Å². The van der Waals surface area contributed by atoms with Crippen LogP contribution in [0.3, 0.4) is 0 Å². The second-order valence-corrected chi connectivity index (χ2v) is 10.5. The number of amides is 2. The molecule has 3 atom stereocenters. The third-order valence-electron chi connectivity index (χ3n) is 5.55. The highest BCUT2D eigenvalue weighted by Gasteiger charge is 2.56. The number of thioether (sulfide) groups is 1. The van der Waals surface area contributed by atoms with Gasteiger partial charge in [-0.15, -0.1) is 0 Å². The molecule has 10 heteroatoms. The Hall–Kier alpha value is -2.56. The predicted molar refractivity (Wildman–Crippen MR) is 126 cm³/mol. The number of hydrogen-bond acceptors (Lipinski definition) is 7. The number of ether oxygens (including phenoxy) is 1. The average molecular weight is 533 g/mol. The number of benzene rings is 2. The van der Waals surface area contributed by atoms with Crippen LogP contribution in [0.2, 0.25) is 0 Å². The number of H-pyrrole nitrogens is 1. The number of rotatable bonds is 4. The van der Waals surface area contributed by atoms with Crippen molar-refractivity contribution in [3.63, 3.8) is 0 Å². The van der Waals surface area contributed by atoms with Gasteiger partial charge >= 0.3 is 4.87 Å². The second kappa shape index (κ2) is 8.09. The molecule has 1 aromatic heterocycles. The van der Waals surface area contributed by atoms with Crippen molar-refractivity contribution in [2.75, 3.05) is 11.5 Å². The number of aromatic nitrogens is 1. The van der Waals surface area contributed by atoms with Gasteiger partial charge in [0.2, 0.25) is 11.8 Å². The fourth-order valence-corrected chi connectivity index (χ4v) is 7.00. The summed E-state index contributed by atoms with van der Waals surface area (Å²) in [5.74, 6) is -1.53. The van der Waals surface area contributed by atoms with Gasteiger partial charge in [0.25, 0.3) is 0 Å². The number of carbonyl (C=O) groups excluding carboxylic acids is 2. The minimum atomic E-state index is -0.686. The van der Waals surface area contributed by atoms with Crippen molar-refractivity contribution in [2.24, 2.45) is 5.92 Å². The van der Waals surface area contributed by atoms with Crippen LogP contribution < -0.4 is 14.5 Å². The van der Waals surface area contributed by atoms with Gasteiger partial charge in [0.1, 0.15) is 5.25 Å². The quantitative estimate of drug-likeness (QED) is 0.490. The minimum Gasteiger partial charge on any atom is -0.504 e. The summed E-state index contributed by atoms with van der Waals surface area (Å²) < 4.78 is 6.38. The van der Waals surface area contributed by atoms with Gasteiger partial charge in [-0.2, -0.15) is 0 Å². The summed E-state index contributed by atoms with van der Waals surface area (Å²) in [5.41, 5.74) is 1.21. The zero-order valence-corrected chi connectivity index (χ0v) is 19.9. The van der Waals surface area contributed by atoms with Crippen molar-refractivity contribution >= 4 is 56.5 Å². The third-order valence-corrected chi connectivity index (χ3v) is 8.48. The molecule has 0 aliphatic carbocycles. The Kier molecular flexibility index (Phi) is 5.39. The maximum absolute atomic E-state index is 13.6.